The Morgan fingerprint density at radius 3 is 1.33 bits per heavy atom. The van der Waals surface area contributed by atoms with Crippen molar-refractivity contribution in [2.75, 3.05) is 54.0 Å². The van der Waals surface area contributed by atoms with Crippen molar-refractivity contribution in [3.8, 4) is 0 Å². The van der Waals surface area contributed by atoms with Crippen molar-refractivity contribution < 1.29 is 59.4 Å². The molecule has 0 radical (unpaired) electrons. The largest absolute Gasteiger partial charge is 0.481 e. The van der Waals surface area contributed by atoms with E-state index in [4.69, 9.17) is 0 Å². The highest BCUT2D eigenvalue weighted by Crippen LogP contribution is 2.34. The molecule has 0 fully saturated rings. The molecule has 232 valence electrons. The zero-order chi connectivity index (χ0) is 32.1. The van der Waals surface area contributed by atoms with Crippen molar-refractivity contribution in [1.29, 1.82) is 0 Å². The van der Waals surface area contributed by atoms with Gasteiger partial charge in [0.15, 0.2) is 0 Å². The van der Waals surface area contributed by atoms with Crippen LogP contribution < -0.4 is 14.7 Å². The zero-order valence-electron chi connectivity index (χ0n) is 23.0. The predicted octanol–water partition coefficient (Wildman–Crippen LogP) is 1.57. The average molecular weight is 604 g/mol. The summed E-state index contributed by atoms with van der Waals surface area (Å²) in [6, 6.07) is 12.4. The highest BCUT2D eigenvalue weighted by molar-refractivity contribution is 5.85. The fraction of sp³-hybridized carbons (Fsp3) is 0.357. The summed E-state index contributed by atoms with van der Waals surface area (Å²) in [6.07, 6.45) is -0.00131. The Morgan fingerprint density at radius 1 is 0.512 bits per heavy atom. The minimum atomic E-state index is -1.30. The van der Waals surface area contributed by atoms with Gasteiger partial charge in [0.2, 0.25) is 0 Å². The zero-order valence-corrected chi connectivity index (χ0v) is 23.0. The van der Waals surface area contributed by atoms with Gasteiger partial charge in [-0.25, -0.2) is 0 Å². The number of hydrogen-bond acceptors (Lipinski definition) is 9. The average Bonchev–Trinajstić information content (AvgIpc) is 2.89. The van der Waals surface area contributed by atoms with Gasteiger partial charge in [-0.05, 0) is 42.5 Å². The maximum Gasteiger partial charge on any atom is 0.323 e. The first-order valence-electron chi connectivity index (χ1n) is 13.0. The number of carbonyl (C=O) groups is 6. The third-order valence-corrected chi connectivity index (χ3v) is 6.31. The van der Waals surface area contributed by atoms with E-state index < -0.39 is 74.5 Å². The fourth-order valence-corrected chi connectivity index (χ4v) is 4.78. The predicted molar refractivity (Wildman–Crippen MR) is 152 cm³/mol. The first-order valence-corrected chi connectivity index (χ1v) is 13.0. The molecule has 1 unspecified atom stereocenters. The van der Waals surface area contributed by atoms with Crippen molar-refractivity contribution in [2.24, 2.45) is 0 Å². The van der Waals surface area contributed by atoms with E-state index in [9.17, 15) is 59.4 Å². The lowest BCUT2D eigenvalue weighted by atomic mass is 9.89. The lowest BCUT2D eigenvalue weighted by molar-refractivity contribution is -0.138. The van der Waals surface area contributed by atoms with Crippen LogP contribution in [0.4, 0.5) is 17.1 Å². The Balaban J connectivity index is 2.42. The third-order valence-electron chi connectivity index (χ3n) is 6.31. The molecule has 0 bridgehead atoms. The Kier molecular flexibility index (Phi) is 12.8. The Bertz CT molecular complexity index is 1200. The van der Waals surface area contributed by atoms with Crippen LogP contribution in [0.3, 0.4) is 0 Å². The third kappa shape index (κ3) is 11.2. The number of benzene rings is 2. The lowest BCUT2D eigenvalue weighted by Gasteiger charge is -2.31. The van der Waals surface area contributed by atoms with Crippen LogP contribution in [0.1, 0.15) is 30.7 Å². The fourth-order valence-electron chi connectivity index (χ4n) is 4.78. The number of carboxylic acid groups (broad SMARTS) is 6. The van der Waals surface area contributed by atoms with E-state index in [1.54, 1.807) is 30.3 Å². The lowest BCUT2D eigenvalue weighted by Crippen LogP contribution is -2.37. The summed E-state index contributed by atoms with van der Waals surface area (Å²) < 4.78 is 0. The molecule has 0 aromatic heterocycles. The van der Waals surface area contributed by atoms with Crippen LogP contribution in [0, 0.1) is 0 Å². The van der Waals surface area contributed by atoms with Crippen LogP contribution in [0.15, 0.2) is 48.5 Å². The SMILES string of the molecule is O=C(O)CC(CCCN(CC(=O)O)c1ccccc1N(CC(=O)O)CC(=O)O)c1ccccc1N(CC(=O)O)CC(=O)O. The molecule has 0 saturated carbocycles. The van der Waals surface area contributed by atoms with Crippen molar-refractivity contribution in [3.05, 3.63) is 54.1 Å². The van der Waals surface area contributed by atoms with E-state index in [1.165, 1.54) is 23.1 Å². The first-order chi connectivity index (χ1) is 20.3. The van der Waals surface area contributed by atoms with Crippen molar-refractivity contribution >= 4 is 52.9 Å². The molecule has 0 saturated heterocycles. The van der Waals surface area contributed by atoms with Crippen molar-refractivity contribution in [1.82, 2.24) is 0 Å². The number of para-hydroxylation sites is 3. The number of anilines is 3. The van der Waals surface area contributed by atoms with Crippen LogP contribution in [0.5, 0.6) is 0 Å². The maximum atomic E-state index is 11.8. The number of nitrogens with zero attached hydrogens (tertiary/aromatic N) is 3. The van der Waals surface area contributed by atoms with Gasteiger partial charge < -0.3 is 45.3 Å². The Labute approximate surface area is 245 Å². The molecular formula is C28H33N3O12. The molecule has 2 aromatic carbocycles. The van der Waals surface area contributed by atoms with Gasteiger partial charge in [-0.15, -0.1) is 0 Å². The molecule has 0 spiro atoms. The Hall–Kier alpha value is -5.34. The van der Waals surface area contributed by atoms with Crippen LogP contribution >= 0.6 is 0 Å². The molecule has 0 heterocycles. The topological polar surface area (TPSA) is 234 Å². The molecule has 1 atom stereocenters. The molecule has 43 heavy (non-hydrogen) atoms. The van der Waals surface area contributed by atoms with Gasteiger partial charge >= 0.3 is 35.8 Å². The van der Waals surface area contributed by atoms with Crippen LogP contribution in [-0.2, 0) is 28.8 Å². The second-order valence-corrected chi connectivity index (χ2v) is 9.59. The van der Waals surface area contributed by atoms with E-state index >= 15 is 0 Å². The monoisotopic (exact) mass is 603 g/mol. The normalized spacial score (nSPS) is 11.3. The van der Waals surface area contributed by atoms with Crippen LogP contribution in [-0.4, -0.2) is 106 Å². The smallest absolute Gasteiger partial charge is 0.323 e. The van der Waals surface area contributed by atoms with E-state index in [1.807, 2.05) is 0 Å². The second-order valence-electron chi connectivity index (χ2n) is 9.59. The molecule has 2 rings (SSSR count). The molecule has 0 aliphatic heterocycles. The van der Waals surface area contributed by atoms with Gasteiger partial charge in [0.1, 0.15) is 32.7 Å². The summed E-state index contributed by atoms with van der Waals surface area (Å²) in [5.74, 6) is -8.25. The standard InChI is InChI=1S/C28H33N3O12/c32-23(33)12-18(19-7-1-2-8-20(19)30(14-25(36)37)15-26(38)39)6-5-11-29(13-24(34)35)21-9-3-4-10-22(21)31(16-27(40)41)17-28(42)43/h1-4,7-10,18H,5-6,11-17H2,(H,32,33)(H,34,35)(H,36,37)(H,38,39)(H,40,41)(H,42,43). The number of rotatable bonds is 20. The maximum absolute atomic E-state index is 11.8. The molecule has 15 nitrogen and oxygen atoms in total. The summed E-state index contributed by atoms with van der Waals surface area (Å²) in [5.41, 5.74) is 1.09. The highest BCUT2D eigenvalue weighted by Gasteiger charge is 2.25. The molecule has 0 aliphatic rings. The quantitative estimate of drug-likeness (QED) is 0.126. The van der Waals surface area contributed by atoms with Gasteiger partial charge in [0, 0.05) is 12.2 Å². The number of aliphatic carboxylic acids is 6. The minimum absolute atomic E-state index is 0.0452. The van der Waals surface area contributed by atoms with E-state index in [0.717, 1.165) is 9.80 Å². The summed E-state index contributed by atoms with van der Waals surface area (Å²) in [5, 5.41) is 56.5. The van der Waals surface area contributed by atoms with Gasteiger partial charge in [-0.3, -0.25) is 28.8 Å². The van der Waals surface area contributed by atoms with Gasteiger partial charge in [-0.2, -0.15) is 0 Å². The van der Waals surface area contributed by atoms with Gasteiger partial charge in [-0.1, -0.05) is 30.3 Å². The van der Waals surface area contributed by atoms with Crippen molar-refractivity contribution in [2.45, 2.75) is 25.2 Å². The van der Waals surface area contributed by atoms with Crippen LogP contribution in [0.25, 0.3) is 0 Å². The second kappa shape index (κ2) is 16.2. The summed E-state index contributed by atoms with van der Waals surface area (Å²) >= 11 is 0. The Morgan fingerprint density at radius 2 is 0.884 bits per heavy atom. The number of carboxylic acids is 6. The first kappa shape index (κ1) is 33.9. The molecule has 0 aliphatic carbocycles. The van der Waals surface area contributed by atoms with Gasteiger partial charge in [0.05, 0.1) is 17.8 Å². The van der Waals surface area contributed by atoms with Gasteiger partial charge in [0.25, 0.3) is 0 Å². The van der Waals surface area contributed by atoms with Crippen molar-refractivity contribution in [3.63, 3.8) is 0 Å². The van der Waals surface area contributed by atoms with Crippen LogP contribution in [0.2, 0.25) is 0 Å². The molecule has 6 N–H and O–H groups in total. The number of hydrogen-bond donors (Lipinski definition) is 6. The summed E-state index contributed by atoms with van der Waals surface area (Å²) in [7, 11) is 0. The summed E-state index contributed by atoms with van der Waals surface area (Å²) in [6.45, 7) is -3.10. The summed E-state index contributed by atoms with van der Waals surface area (Å²) in [4.78, 5) is 72.9. The molecule has 2 aromatic rings. The van der Waals surface area contributed by atoms with E-state index in [-0.39, 0.29) is 42.9 Å². The highest BCUT2D eigenvalue weighted by atomic mass is 16.4. The molecule has 0 amide bonds. The van der Waals surface area contributed by atoms with E-state index in [0.29, 0.717) is 5.56 Å². The molecule has 15 heteroatoms. The van der Waals surface area contributed by atoms with E-state index in [2.05, 4.69) is 0 Å². The minimum Gasteiger partial charge on any atom is -0.481 e. The molecular weight excluding hydrogens is 570 g/mol.